The highest BCUT2D eigenvalue weighted by molar-refractivity contribution is 5.35. The molecule has 0 radical (unpaired) electrons. The zero-order valence-electron chi connectivity index (χ0n) is 10.8. The fourth-order valence-corrected chi connectivity index (χ4v) is 1.81. The summed E-state index contributed by atoms with van der Waals surface area (Å²) >= 11 is 0. The monoisotopic (exact) mass is 251 g/mol. The number of hydrogen-bond donors (Lipinski definition) is 1. The Balaban J connectivity index is 2.42. The molecule has 0 aliphatic carbocycles. The largest absolute Gasteiger partial charge is 0.490 e. The summed E-state index contributed by atoms with van der Waals surface area (Å²) in [6.45, 7) is 4.73. The summed E-state index contributed by atoms with van der Waals surface area (Å²) in [5.74, 6) is 0.0683. The van der Waals surface area contributed by atoms with Crippen LogP contribution in [-0.2, 0) is 6.42 Å². The van der Waals surface area contributed by atoms with Gasteiger partial charge in [0.1, 0.15) is 0 Å². The minimum absolute atomic E-state index is 0.299. The van der Waals surface area contributed by atoms with Crippen LogP contribution in [-0.4, -0.2) is 13.2 Å². The highest BCUT2D eigenvalue weighted by Crippen LogP contribution is 2.23. The molecule has 18 heavy (non-hydrogen) atoms. The van der Waals surface area contributed by atoms with Crippen LogP contribution in [0.1, 0.15) is 31.2 Å². The summed E-state index contributed by atoms with van der Waals surface area (Å²) in [5, 5.41) is 0. The van der Waals surface area contributed by atoms with E-state index in [4.69, 9.17) is 10.5 Å². The summed E-state index contributed by atoms with van der Waals surface area (Å²) in [4.78, 5) is 0. The summed E-state index contributed by atoms with van der Waals surface area (Å²) in [5.41, 5.74) is 6.35. The Morgan fingerprint density at radius 1 is 1.28 bits per heavy atom. The maximum Gasteiger partial charge on any atom is 0.165 e. The third-order valence-electron chi connectivity index (χ3n) is 2.76. The first kappa shape index (κ1) is 14.7. The Hall–Kier alpha value is -1.35. The minimum Gasteiger partial charge on any atom is -0.490 e. The van der Waals surface area contributed by atoms with E-state index in [0.29, 0.717) is 25.3 Å². The molecule has 0 aliphatic heterocycles. The molecule has 0 aromatic heterocycles. The van der Waals surface area contributed by atoms with Crippen molar-refractivity contribution >= 4 is 0 Å². The maximum absolute atomic E-state index is 13.6. The van der Waals surface area contributed by atoms with Crippen molar-refractivity contribution in [3.05, 3.63) is 42.2 Å². The van der Waals surface area contributed by atoms with E-state index < -0.39 is 0 Å². The van der Waals surface area contributed by atoms with Gasteiger partial charge in [-0.3, -0.25) is 0 Å². The molecule has 2 nitrogen and oxygen atoms in total. The molecular formula is C15H22FNO. The number of para-hydroxylation sites is 1. The van der Waals surface area contributed by atoms with Gasteiger partial charge in [-0.05, 0) is 50.3 Å². The predicted octanol–water partition coefficient (Wildman–Crippen LogP) is 3.45. The molecule has 0 saturated heterocycles. The molecule has 0 atom stereocenters. The Morgan fingerprint density at radius 3 is 2.83 bits per heavy atom. The number of hydrogen-bond acceptors (Lipinski definition) is 2. The molecule has 1 aromatic carbocycles. The number of ether oxygens (including phenoxy) is 1. The molecule has 0 amide bonds. The normalized spacial score (nSPS) is 10.3. The molecule has 0 saturated carbocycles. The van der Waals surface area contributed by atoms with Gasteiger partial charge < -0.3 is 10.5 Å². The fourth-order valence-electron chi connectivity index (χ4n) is 1.81. The van der Waals surface area contributed by atoms with Crippen molar-refractivity contribution < 1.29 is 9.13 Å². The van der Waals surface area contributed by atoms with Gasteiger partial charge in [-0.2, -0.15) is 0 Å². The second-order valence-corrected chi connectivity index (χ2v) is 4.25. The van der Waals surface area contributed by atoms with Crippen LogP contribution in [0.25, 0.3) is 0 Å². The predicted molar refractivity (Wildman–Crippen MR) is 73.3 cm³/mol. The van der Waals surface area contributed by atoms with Crippen molar-refractivity contribution in [2.45, 2.75) is 32.1 Å². The number of benzene rings is 1. The molecule has 0 heterocycles. The highest BCUT2D eigenvalue weighted by Gasteiger charge is 2.08. The Bertz CT molecular complexity index is 366. The van der Waals surface area contributed by atoms with Crippen LogP contribution in [0.4, 0.5) is 4.39 Å². The fraction of sp³-hybridized carbons (Fsp3) is 0.467. The molecule has 1 rings (SSSR count). The van der Waals surface area contributed by atoms with E-state index in [9.17, 15) is 4.39 Å². The zero-order chi connectivity index (χ0) is 13.2. The van der Waals surface area contributed by atoms with Crippen LogP contribution in [0, 0.1) is 5.82 Å². The molecule has 0 bridgehead atoms. The van der Waals surface area contributed by atoms with E-state index >= 15 is 0 Å². The standard InChI is InChI=1S/C15H22FNO/c1-2-3-4-5-6-12-18-15-13(10-11-17)8-7-9-14(15)16/h2,7-9H,1,3-6,10-12,17H2. The summed E-state index contributed by atoms with van der Waals surface area (Å²) < 4.78 is 19.2. The van der Waals surface area contributed by atoms with Crippen molar-refractivity contribution in [2.75, 3.05) is 13.2 Å². The van der Waals surface area contributed by atoms with Crippen molar-refractivity contribution in [1.82, 2.24) is 0 Å². The number of halogens is 1. The molecule has 0 unspecified atom stereocenters. The van der Waals surface area contributed by atoms with Crippen molar-refractivity contribution in [1.29, 1.82) is 0 Å². The second-order valence-electron chi connectivity index (χ2n) is 4.25. The van der Waals surface area contributed by atoms with Crippen LogP contribution >= 0.6 is 0 Å². The van der Waals surface area contributed by atoms with E-state index in [2.05, 4.69) is 6.58 Å². The van der Waals surface area contributed by atoms with Gasteiger partial charge in [0.2, 0.25) is 0 Å². The highest BCUT2D eigenvalue weighted by atomic mass is 19.1. The lowest BCUT2D eigenvalue weighted by atomic mass is 10.1. The Morgan fingerprint density at radius 2 is 2.11 bits per heavy atom. The first-order valence-electron chi connectivity index (χ1n) is 6.50. The number of nitrogens with two attached hydrogens (primary N) is 1. The van der Waals surface area contributed by atoms with Crippen LogP contribution in [0.15, 0.2) is 30.9 Å². The summed E-state index contributed by atoms with van der Waals surface area (Å²) in [7, 11) is 0. The average Bonchev–Trinajstić information content (AvgIpc) is 2.36. The number of allylic oxidation sites excluding steroid dienone is 1. The van der Waals surface area contributed by atoms with Crippen molar-refractivity contribution in [3.63, 3.8) is 0 Å². The summed E-state index contributed by atoms with van der Waals surface area (Å²) in [6, 6.07) is 4.98. The average molecular weight is 251 g/mol. The van der Waals surface area contributed by atoms with Gasteiger partial charge in [0, 0.05) is 0 Å². The van der Waals surface area contributed by atoms with Gasteiger partial charge in [-0.15, -0.1) is 6.58 Å². The molecular weight excluding hydrogens is 229 g/mol. The van der Waals surface area contributed by atoms with E-state index in [1.54, 1.807) is 6.07 Å². The molecule has 0 fully saturated rings. The molecule has 3 heteroatoms. The molecule has 0 spiro atoms. The van der Waals surface area contributed by atoms with Gasteiger partial charge in [0.15, 0.2) is 11.6 Å². The second kappa shape index (κ2) is 8.70. The van der Waals surface area contributed by atoms with E-state index in [1.807, 2.05) is 12.1 Å². The lowest BCUT2D eigenvalue weighted by molar-refractivity contribution is 0.288. The van der Waals surface area contributed by atoms with E-state index in [-0.39, 0.29) is 5.82 Å². The van der Waals surface area contributed by atoms with Crippen LogP contribution < -0.4 is 10.5 Å². The van der Waals surface area contributed by atoms with E-state index in [1.165, 1.54) is 6.07 Å². The smallest absolute Gasteiger partial charge is 0.165 e. The quantitative estimate of drug-likeness (QED) is 0.539. The lowest BCUT2D eigenvalue weighted by Crippen LogP contribution is -2.07. The Kier molecular flexibility index (Phi) is 7.11. The molecule has 2 N–H and O–H groups in total. The summed E-state index contributed by atoms with van der Waals surface area (Å²) in [6.07, 6.45) is 6.70. The minimum atomic E-state index is -0.299. The lowest BCUT2D eigenvalue weighted by Gasteiger charge is -2.11. The maximum atomic E-state index is 13.6. The van der Waals surface area contributed by atoms with Gasteiger partial charge >= 0.3 is 0 Å². The zero-order valence-corrected chi connectivity index (χ0v) is 10.8. The van der Waals surface area contributed by atoms with Crippen molar-refractivity contribution in [2.24, 2.45) is 5.73 Å². The van der Waals surface area contributed by atoms with Gasteiger partial charge in [-0.25, -0.2) is 4.39 Å². The number of rotatable bonds is 9. The van der Waals surface area contributed by atoms with Gasteiger partial charge in [0.05, 0.1) is 6.61 Å². The topological polar surface area (TPSA) is 35.2 Å². The first-order chi connectivity index (χ1) is 8.79. The molecule has 100 valence electrons. The first-order valence-corrected chi connectivity index (χ1v) is 6.50. The Labute approximate surface area is 109 Å². The number of unbranched alkanes of at least 4 members (excludes halogenated alkanes) is 3. The van der Waals surface area contributed by atoms with E-state index in [0.717, 1.165) is 31.2 Å². The van der Waals surface area contributed by atoms with Crippen LogP contribution in [0.2, 0.25) is 0 Å². The molecule has 0 aliphatic rings. The van der Waals surface area contributed by atoms with Crippen LogP contribution in [0.3, 0.4) is 0 Å². The van der Waals surface area contributed by atoms with Crippen molar-refractivity contribution in [3.8, 4) is 5.75 Å². The third kappa shape index (κ3) is 4.88. The SMILES string of the molecule is C=CCCCCCOc1c(F)cccc1CCN. The van der Waals surface area contributed by atoms with Gasteiger partial charge in [0.25, 0.3) is 0 Å². The molecule has 1 aromatic rings. The third-order valence-corrected chi connectivity index (χ3v) is 2.76. The van der Waals surface area contributed by atoms with Crippen LogP contribution in [0.5, 0.6) is 5.75 Å². The van der Waals surface area contributed by atoms with Gasteiger partial charge in [-0.1, -0.05) is 18.2 Å².